The van der Waals surface area contributed by atoms with Crippen molar-refractivity contribution in [3.05, 3.63) is 80.5 Å². The Balaban J connectivity index is 1.98. The molecule has 0 amide bonds. The summed E-state index contributed by atoms with van der Waals surface area (Å²) in [5.74, 6) is -1.36. The number of aliphatic carboxylic acids is 1. The third kappa shape index (κ3) is 4.81. The first kappa shape index (κ1) is 21.4. The number of carbonyl (C=O) groups is 1. The summed E-state index contributed by atoms with van der Waals surface area (Å²) in [6, 6.07) is 10.8. The zero-order valence-corrected chi connectivity index (χ0v) is 16.3. The smallest absolute Gasteiger partial charge is 0.335 e. The molecule has 3 rings (SSSR count). The van der Waals surface area contributed by atoms with Crippen LogP contribution in [0.4, 0.5) is 0 Å². The predicted molar refractivity (Wildman–Crippen MR) is 112 cm³/mol. The van der Waals surface area contributed by atoms with Crippen molar-refractivity contribution in [2.45, 2.75) is 12.5 Å². The number of hydrogen-bond acceptors (Lipinski definition) is 7. The average Bonchev–Trinajstić information content (AvgIpc) is 2.74. The topological polar surface area (TPSA) is 154 Å². The number of ether oxygens (including phenoxy) is 1. The van der Waals surface area contributed by atoms with Gasteiger partial charge in [0.15, 0.2) is 6.04 Å². The van der Waals surface area contributed by atoms with Crippen molar-refractivity contribution in [3.63, 3.8) is 0 Å². The molecule has 31 heavy (non-hydrogen) atoms. The molecule has 0 radical (unpaired) electrons. The van der Waals surface area contributed by atoms with Crippen molar-refractivity contribution in [3.8, 4) is 23.1 Å². The third-order valence-electron chi connectivity index (χ3n) is 4.49. The summed E-state index contributed by atoms with van der Waals surface area (Å²) < 4.78 is 5.91. The Morgan fingerprint density at radius 1 is 1.13 bits per heavy atom. The molecule has 3 aromatic rings. The number of methoxy groups -OCH3 is 1. The highest BCUT2D eigenvalue weighted by atomic mass is 16.5. The minimum atomic E-state index is -1.26. The maximum atomic E-state index is 12.2. The van der Waals surface area contributed by atoms with E-state index in [0.29, 0.717) is 11.3 Å². The number of phenols is 1. The Hall–Kier alpha value is -4.34. The maximum Gasteiger partial charge on any atom is 0.335 e. The molecular weight excluding hydrogens is 406 g/mol. The number of aromatic hydroxyl groups is 2. The number of hydrogen-bond donors (Lipinski definition) is 4. The van der Waals surface area contributed by atoms with Gasteiger partial charge in [-0.1, -0.05) is 12.1 Å². The summed E-state index contributed by atoms with van der Waals surface area (Å²) in [6.07, 6.45) is 0.912. The number of carboxylic acids is 1. The lowest BCUT2D eigenvalue weighted by Gasteiger charge is -2.11. The Morgan fingerprint density at radius 2 is 1.77 bits per heavy atom. The summed E-state index contributed by atoms with van der Waals surface area (Å²) in [5, 5.41) is 29.3. The molecule has 1 atom stereocenters. The van der Waals surface area contributed by atoms with E-state index in [4.69, 9.17) is 4.74 Å². The van der Waals surface area contributed by atoms with Crippen LogP contribution in [0, 0.1) is 0 Å². The van der Waals surface area contributed by atoms with Gasteiger partial charge in [0, 0.05) is 12.6 Å². The predicted octanol–water partition coefficient (Wildman–Crippen LogP) is 1.06. The number of nitrogens with zero attached hydrogens (tertiary/aromatic N) is 2. The van der Waals surface area contributed by atoms with Gasteiger partial charge in [0.1, 0.15) is 17.1 Å². The molecule has 0 bridgehead atoms. The largest absolute Gasteiger partial charge is 0.508 e. The third-order valence-corrected chi connectivity index (χ3v) is 4.49. The molecule has 10 nitrogen and oxygen atoms in total. The number of H-pyrrole nitrogens is 1. The van der Waals surface area contributed by atoms with Gasteiger partial charge in [-0.05, 0) is 42.0 Å². The number of nitrogens with one attached hydrogen (secondary N) is 1. The zero-order chi connectivity index (χ0) is 22.5. The van der Waals surface area contributed by atoms with E-state index >= 15 is 0 Å². The highest BCUT2D eigenvalue weighted by molar-refractivity contribution is 5.85. The molecule has 0 fully saturated rings. The van der Waals surface area contributed by atoms with Gasteiger partial charge in [-0.2, -0.15) is 0 Å². The molecule has 0 aliphatic rings. The maximum absolute atomic E-state index is 12.2. The number of rotatable bonds is 7. The van der Waals surface area contributed by atoms with Crippen molar-refractivity contribution >= 4 is 12.2 Å². The highest BCUT2D eigenvalue weighted by Crippen LogP contribution is 2.19. The molecule has 0 spiro atoms. The van der Waals surface area contributed by atoms with Gasteiger partial charge in [-0.3, -0.25) is 14.8 Å². The van der Waals surface area contributed by atoms with Crippen LogP contribution >= 0.6 is 0 Å². The first-order valence-corrected chi connectivity index (χ1v) is 9.06. The van der Waals surface area contributed by atoms with Gasteiger partial charge in [0.05, 0.1) is 12.8 Å². The molecule has 0 aliphatic heterocycles. The van der Waals surface area contributed by atoms with Gasteiger partial charge in [-0.15, -0.1) is 0 Å². The van der Waals surface area contributed by atoms with Crippen LogP contribution in [0.15, 0.2) is 63.1 Å². The number of phenolic OH excluding ortho intramolecular Hbond substituents is 1. The van der Waals surface area contributed by atoms with Gasteiger partial charge < -0.3 is 20.1 Å². The Kier molecular flexibility index (Phi) is 6.20. The number of benzene rings is 2. The van der Waals surface area contributed by atoms with Crippen LogP contribution in [0.5, 0.6) is 17.4 Å². The number of aromatic nitrogens is 2. The van der Waals surface area contributed by atoms with E-state index in [1.807, 2.05) is 0 Å². The summed E-state index contributed by atoms with van der Waals surface area (Å²) in [5.41, 5.74) is -1.29. The molecule has 2 aromatic carbocycles. The highest BCUT2D eigenvalue weighted by Gasteiger charge is 2.19. The van der Waals surface area contributed by atoms with Gasteiger partial charge in [0.2, 0.25) is 5.88 Å². The molecule has 1 aromatic heterocycles. The first-order chi connectivity index (χ1) is 14.8. The van der Waals surface area contributed by atoms with Crippen LogP contribution in [-0.2, 0) is 11.2 Å². The molecule has 4 N–H and O–H groups in total. The molecule has 0 saturated heterocycles. The standard InChI is InChI=1S/C21H19N3O7/c1-31-15-8-4-13(5-9-15)24-19(27)16(18(26)23-21(24)30)11-22-17(20(28)29)10-12-2-6-14(25)7-3-12/h2-9,11,17,25,27H,10H2,1H3,(H,28,29)(H,23,26,30)/t17-/m0/s1. The molecular formula is C21H19N3O7. The number of carboxylic acid groups (broad SMARTS) is 1. The van der Waals surface area contributed by atoms with E-state index in [1.54, 1.807) is 24.3 Å². The van der Waals surface area contributed by atoms with Crippen LogP contribution in [0.2, 0.25) is 0 Å². The van der Waals surface area contributed by atoms with E-state index in [-0.39, 0.29) is 23.4 Å². The Labute approximate surface area is 175 Å². The van der Waals surface area contributed by atoms with E-state index in [1.165, 1.54) is 31.4 Å². The molecule has 160 valence electrons. The van der Waals surface area contributed by atoms with E-state index in [9.17, 15) is 29.7 Å². The van der Waals surface area contributed by atoms with Crippen molar-refractivity contribution in [2.24, 2.45) is 4.99 Å². The fourth-order valence-corrected chi connectivity index (χ4v) is 2.85. The zero-order valence-electron chi connectivity index (χ0n) is 16.3. The lowest BCUT2D eigenvalue weighted by atomic mass is 10.1. The molecule has 0 unspecified atom stereocenters. The minimum absolute atomic E-state index is 0.0110. The summed E-state index contributed by atoms with van der Waals surface area (Å²) in [4.78, 5) is 42.0. The SMILES string of the molecule is COc1ccc(-n2c(O)c(C=N[C@@H](Cc3ccc(O)cc3)C(=O)O)c(=O)[nH]c2=O)cc1. The average molecular weight is 425 g/mol. The Morgan fingerprint density at radius 3 is 2.35 bits per heavy atom. The monoisotopic (exact) mass is 425 g/mol. The van der Waals surface area contributed by atoms with E-state index in [2.05, 4.69) is 9.98 Å². The Bertz CT molecular complexity index is 1230. The van der Waals surface area contributed by atoms with Crippen LogP contribution < -0.4 is 16.0 Å². The lowest BCUT2D eigenvalue weighted by Crippen LogP contribution is -2.31. The van der Waals surface area contributed by atoms with E-state index < -0.39 is 29.1 Å². The summed E-state index contributed by atoms with van der Waals surface area (Å²) in [7, 11) is 1.48. The minimum Gasteiger partial charge on any atom is -0.508 e. The normalized spacial score (nSPS) is 12.0. The van der Waals surface area contributed by atoms with Crippen LogP contribution in [0.3, 0.4) is 0 Å². The summed E-state index contributed by atoms with van der Waals surface area (Å²) in [6.45, 7) is 0. The molecule has 0 aliphatic carbocycles. The van der Waals surface area contributed by atoms with E-state index in [0.717, 1.165) is 10.8 Å². The van der Waals surface area contributed by atoms with Crippen molar-refractivity contribution in [1.82, 2.24) is 9.55 Å². The number of aliphatic imine (C=N–C) groups is 1. The fourth-order valence-electron chi connectivity index (χ4n) is 2.85. The van der Waals surface area contributed by atoms with Crippen molar-refractivity contribution < 1.29 is 24.9 Å². The van der Waals surface area contributed by atoms with Crippen molar-refractivity contribution in [2.75, 3.05) is 7.11 Å². The van der Waals surface area contributed by atoms with Crippen LogP contribution in [-0.4, -0.2) is 50.2 Å². The lowest BCUT2D eigenvalue weighted by molar-refractivity contribution is -0.138. The second-order valence-electron chi connectivity index (χ2n) is 6.53. The summed E-state index contributed by atoms with van der Waals surface area (Å²) >= 11 is 0. The van der Waals surface area contributed by atoms with Gasteiger partial charge >= 0.3 is 11.7 Å². The van der Waals surface area contributed by atoms with Gasteiger partial charge in [0.25, 0.3) is 5.56 Å². The second-order valence-corrected chi connectivity index (χ2v) is 6.53. The second kappa shape index (κ2) is 8.99. The molecule has 0 saturated carbocycles. The van der Waals surface area contributed by atoms with Crippen LogP contribution in [0.1, 0.15) is 11.1 Å². The first-order valence-electron chi connectivity index (χ1n) is 9.06. The van der Waals surface area contributed by atoms with Gasteiger partial charge in [-0.25, -0.2) is 14.2 Å². The molecule has 1 heterocycles. The number of aromatic amines is 1. The van der Waals surface area contributed by atoms with Crippen LogP contribution in [0.25, 0.3) is 5.69 Å². The quantitative estimate of drug-likeness (QED) is 0.413. The molecule has 10 heteroatoms. The fraction of sp³-hybridized carbons (Fsp3) is 0.143. The van der Waals surface area contributed by atoms with Crippen molar-refractivity contribution in [1.29, 1.82) is 0 Å².